The molecule has 2 aromatic heterocycles. The minimum absolute atomic E-state index is 0.00784. The normalized spacial score (nSPS) is 19.1. The number of aryl methyl sites for hydroxylation is 1. The standard InChI is InChI=1S/C15H19N3O2S/c1-9-5-6-11-12(16)13(21-14(11)17-9)15(20)18-7-3-2-4-10(18)8-19/h5-6,10,19H,2-4,7-8,16H2,1H3. The van der Waals surface area contributed by atoms with Crippen LogP contribution in [0.3, 0.4) is 0 Å². The highest BCUT2D eigenvalue weighted by atomic mass is 32.1. The number of likely N-dealkylation sites (tertiary alicyclic amines) is 1. The van der Waals surface area contributed by atoms with Crippen LogP contribution < -0.4 is 5.73 Å². The Morgan fingerprint density at radius 1 is 1.52 bits per heavy atom. The monoisotopic (exact) mass is 305 g/mol. The van der Waals surface area contributed by atoms with Gasteiger partial charge in [-0.2, -0.15) is 0 Å². The van der Waals surface area contributed by atoms with Gasteiger partial charge in [-0.3, -0.25) is 4.79 Å². The maximum Gasteiger partial charge on any atom is 0.266 e. The predicted molar refractivity (Wildman–Crippen MR) is 84.5 cm³/mol. The van der Waals surface area contributed by atoms with E-state index in [-0.39, 0.29) is 18.6 Å². The van der Waals surface area contributed by atoms with Crippen molar-refractivity contribution in [1.29, 1.82) is 0 Å². The van der Waals surface area contributed by atoms with E-state index in [2.05, 4.69) is 4.98 Å². The molecule has 1 amide bonds. The van der Waals surface area contributed by atoms with Gasteiger partial charge in [0.2, 0.25) is 0 Å². The van der Waals surface area contributed by atoms with Crippen molar-refractivity contribution in [2.24, 2.45) is 0 Å². The number of thiophene rings is 1. The number of anilines is 1. The Bertz CT molecular complexity index is 683. The van der Waals surface area contributed by atoms with E-state index in [1.54, 1.807) is 4.90 Å². The number of aliphatic hydroxyl groups excluding tert-OH is 1. The fourth-order valence-corrected chi connectivity index (χ4v) is 3.93. The number of hydrogen-bond donors (Lipinski definition) is 2. The van der Waals surface area contributed by atoms with Gasteiger partial charge < -0.3 is 15.7 Å². The number of nitrogen functional groups attached to an aromatic ring is 1. The first-order valence-electron chi connectivity index (χ1n) is 7.19. The number of fused-ring (bicyclic) bond motifs is 1. The van der Waals surface area contributed by atoms with Gasteiger partial charge in [0.15, 0.2) is 0 Å². The number of piperidine rings is 1. The number of pyridine rings is 1. The number of nitrogens with two attached hydrogens (primary N) is 1. The molecule has 1 fully saturated rings. The Kier molecular flexibility index (Phi) is 3.82. The first-order chi connectivity index (χ1) is 10.1. The fourth-order valence-electron chi connectivity index (χ4n) is 2.84. The van der Waals surface area contributed by atoms with Crippen LogP contribution in [-0.2, 0) is 0 Å². The van der Waals surface area contributed by atoms with Crippen molar-refractivity contribution in [2.45, 2.75) is 32.2 Å². The molecule has 0 aliphatic carbocycles. The number of carbonyl (C=O) groups excluding carboxylic acids is 1. The topological polar surface area (TPSA) is 79.5 Å². The molecular formula is C15H19N3O2S. The van der Waals surface area contributed by atoms with Crippen molar-refractivity contribution in [3.63, 3.8) is 0 Å². The van der Waals surface area contributed by atoms with E-state index in [0.29, 0.717) is 17.1 Å². The molecule has 0 bridgehead atoms. The maximum atomic E-state index is 12.8. The molecule has 0 saturated carbocycles. The average Bonchev–Trinajstić information content (AvgIpc) is 2.82. The van der Waals surface area contributed by atoms with Crippen LogP contribution in [0, 0.1) is 6.92 Å². The van der Waals surface area contributed by atoms with Gasteiger partial charge in [0, 0.05) is 17.6 Å². The number of hydrogen-bond acceptors (Lipinski definition) is 5. The Morgan fingerprint density at radius 2 is 2.33 bits per heavy atom. The molecule has 0 aromatic carbocycles. The summed E-state index contributed by atoms with van der Waals surface area (Å²) in [5.41, 5.74) is 7.56. The van der Waals surface area contributed by atoms with Gasteiger partial charge in [-0.1, -0.05) is 0 Å². The van der Waals surface area contributed by atoms with Crippen molar-refractivity contribution in [3.05, 3.63) is 22.7 Å². The summed E-state index contributed by atoms with van der Waals surface area (Å²) in [6, 6.07) is 3.72. The van der Waals surface area contributed by atoms with Crippen LogP contribution in [0.15, 0.2) is 12.1 Å². The molecule has 0 radical (unpaired) electrons. The minimum Gasteiger partial charge on any atom is -0.397 e. The SMILES string of the molecule is Cc1ccc2c(N)c(C(=O)N3CCCCC3CO)sc2n1. The molecule has 112 valence electrons. The first kappa shape index (κ1) is 14.3. The molecule has 5 nitrogen and oxygen atoms in total. The molecular weight excluding hydrogens is 286 g/mol. The van der Waals surface area contributed by atoms with Gasteiger partial charge in [0.25, 0.3) is 5.91 Å². The lowest BCUT2D eigenvalue weighted by molar-refractivity contribution is 0.0509. The smallest absolute Gasteiger partial charge is 0.266 e. The first-order valence-corrected chi connectivity index (χ1v) is 8.01. The highest BCUT2D eigenvalue weighted by Crippen LogP contribution is 2.34. The lowest BCUT2D eigenvalue weighted by Gasteiger charge is -2.34. The zero-order chi connectivity index (χ0) is 15.0. The molecule has 1 aliphatic rings. The van der Waals surface area contributed by atoms with Crippen LogP contribution in [-0.4, -0.2) is 40.1 Å². The molecule has 1 saturated heterocycles. The summed E-state index contributed by atoms with van der Waals surface area (Å²) in [4.78, 5) is 20.3. The third-order valence-corrected chi connectivity index (χ3v) is 5.13. The Morgan fingerprint density at radius 3 is 3.10 bits per heavy atom. The van der Waals surface area contributed by atoms with Gasteiger partial charge in [-0.15, -0.1) is 11.3 Å². The van der Waals surface area contributed by atoms with Crippen molar-refractivity contribution >= 4 is 33.1 Å². The summed E-state index contributed by atoms with van der Waals surface area (Å²) in [7, 11) is 0. The summed E-state index contributed by atoms with van der Waals surface area (Å²) < 4.78 is 0. The number of carbonyl (C=O) groups is 1. The van der Waals surface area contributed by atoms with E-state index in [9.17, 15) is 9.90 Å². The summed E-state index contributed by atoms with van der Waals surface area (Å²) >= 11 is 1.34. The number of nitrogens with zero attached hydrogens (tertiary/aromatic N) is 2. The van der Waals surface area contributed by atoms with Crippen molar-refractivity contribution < 1.29 is 9.90 Å². The molecule has 1 atom stereocenters. The van der Waals surface area contributed by atoms with E-state index < -0.39 is 0 Å². The highest BCUT2D eigenvalue weighted by molar-refractivity contribution is 7.21. The third-order valence-electron chi connectivity index (χ3n) is 4.03. The summed E-state index contributed by atoms with van der Waals surface area (Å²) in [5, 5.41) is 10.3. The predicted octanol–water partition coefficient (Wildman–Crippen LogP) is 2.17. The van der Waals surface area contributed by atoms with Crippen LogP contribution in [0.1, 0.15) is 34.6 Å². The second-order valence-electron chi connectivity index (χ2n) is 5.48. The van der Waals surface area contributed by atoms with Crippen LogP contribution >= 0.6 is 11.3 Å². The highest BCUT2D eigenvalue weighted by Gasteiger charge is 2.29. The molecule has 1 unspecified atom stereocenters. The molecule has 3 rings (SSSR count). The van der Waals surface area contributed by atoms with Crippen molar-refractivity contribution in [2.75, 3.05) is 18.9 Å². The van der Waals surface area contributed by atoms with Gasteiger partial charge in [0.1, 0.15) is 9.71 Å². The van der Waals surface area contributed by atoms with Crippen molar-refractivity contribution in [3.8, 4) is 0 Å². The van der Waals surface area contributed by atoms with Gasteiger partial charge in [-0.25, -0.2) is 4.98 Å². The van der Waals surface area contributed by atoms with E-state index in [4.69, 9.17) is 5.73 Å². The van der Waals surface area contributed by atoms with E-state index in [1.165, 1.54) is 11.3 Å². The maximum absolute atomic E-state index is 12.8. The molecule has 0 spiro atoms. The number of aliphatic hydroxyl groups is 1. The molecule has 6 heteroatoms. The second-order valence-corrected chi connectivity index (χ2v) is 6.48. The quantitative estimate of drug-likeness (QED) is 0.891. The average molecular weight is 305 g/mol. The Balaban J connectivity index is 1.99. The van der Waals surface area contributed by atoms with Crippen LogP contribution in [0.5, 0.6) is 0 Å². The lowest BCUT2D eigenvalue weighted by Crippen LogP contribution is -2.45. The molecule has 3 heterocycles. The Labute approximate surface area is 127 Å². The summed E-state index contributed by atoms with van der Waals surface area (Å²) in [6.07, 6.45) is 2.88. The zero-order valence-corrected chi connectivity index (χ0v) is 12.8. The minimum atomic E-state index is -0.0921. The summed E-state index contributed by atoms with van der Waals surface area (Å²) in [6.45, 7) is 2.61. The van der Waals surface area contributed by atoms with Gasteiger partial charge >= 0.3 is 0 Å². The Hall–Kier alpha value is -1.66. The van der Waals surface area contributed by atoms with Crippen molar-refractivity contribution in [1.82, 2.24) is 9.88 Å². The van der Waals surface area contributed by atoms with E-state index in [1.807, 2.05) is 19.1 Å². The number of aromatic nitrogens is 1. The summed E-state index contributed by atoms with van der Waals surface area (Å²) in [5.74, 6) is -0.0769. The second kappa shape index (κ2) is 5.61. The molecule has 3 N–H and O–H groups in total. The van der Waals surface area contributed by atoms with E-state index in [0.717, 1.165) is 35.2 Å². The molecule has 21 heavy (non-hydrogen) atoms. The lowest BCUT2D eigenvalue weighted by atomic mass is 10.0. The largest absolute Gasteiger partial charge is 0.397 e. The van der Waals surface area contributed by atoms with Crippen LogP contribution in [0.2, 0.25) is 0 Å². The molecule has 1 aliphatic heterocycles. The van der Waals surface area contributed by atoms with E-state index >= 15 is 0 Å². The number of rotatable bonds is 2. The van der Waals surface area contributed by atoms with Gasteiger partial charge in [0.05, 0.1) is 18.3 Å². The van der Waals surface area contributed by atoms with Gasteiger partial charge in [-0.05, 0) is 38.3 Å². The van der Waals surface area contributed by atoms with Crippen LogP contribution in [0.25, 0.3) is 10.2 Å². The molecule has 2 aromatic rings. The fraction of sp³-hybridized carbons (Fsp3) is 0.467. The van der Waals surface area contributed by atoms with Crippen LogP contribution in [0.4, 0.5) is 5.69 Å². The number of amides is 1. The third kappa shape index (κ3) is 2.49. The zero-order valence-electron chi connectivity index (χ0n) is 12.0.